The molecule has 0 saturated heterocycles. The molecule has 0 atom stereocenters. The van der Waals surface area contributed by atoms with E-state index in [1.807, 2.05) is 60.7 Å². The van der Waals surface area contributed by atoms with E-state index in [-0.39, 0.29) is 0 Å². The highest BCUT2D eigenvalue weighted by Gasteiger charge is 2.16. The lowest BCUT2D eigenvalue weighted by Gasteiger charge is -1.96. The van der Waals surface area contributed by atoms with Gasteiger partial charge in [0.2, 0.25) is 0 Å². The van der Waals surface area contributed by atoms with Gasteiger partial charge in [0.25, 0.3) is 0 Å². The van der Waals surface area contributed by atoms with E-state index < -0.39 is 0 Å². The summed E-state index contributed by atoms with van der Waals surface area (Å²) in [7, 11) is 0. The molecule has 0 saturated carbocycles. The first-order chi connectivity index (χ1) is 14.8. The molecule has 0 unspecified atom stereocenters. The fourth-order valence-corrected chi connectivity index (χ4v) is 4.80. The van der Waals surface area contributed by atoms with Crippen LogP contribution in [0.2, 0.25) is 0 Å². The van der Waals surface area contributed by atoms with Crippen molar-refractivity contribution in [3.63, 3.8) is 0 Å². The molecule has 4 rings (SSSR count). The summed E-state index contributed by atoms with van der Waals surface area (Å²) < 4.78 is 0. The fraction of sp³-hybridized carbons (Fsp3) is 0. The number of hydrogen-bond acceptors (Lipinski definition) is 4. The molecule has 2 aromatic carbocycles. The molecule has 0 aliphatic carbocycles. The number of hydrogen-bond donors (Lipinski definition) is 0. The minimum absolute atomic E-state index is 0.588. The molecule has 30 heavy (non-hydrogen) atoms. The third-order valence-corrected chi connectivity index (χ3v) is 6.46. The zero-order valence-corrected chi connectivity index (χ0v) is 17.3. The van der Waals surface area contributed by atoms with Crippen molar-refractivity contribution in [3.05, 3.63) is 105 Å². The van der Waals surface area contributed by atoms with Crippen LogP contribution < -0.4 is 0 Å². The summed E-state index contributed by atoms with van der Waals surface area (Å²) in [6.07, 6.45) is 1.65. The number of carbonyl (C=O) groups is 2. The number of carbonyl (C=O) groups excluding carboxylic acids is 2. The van der Waals surface area contributed by atoms with Crippen molar-refractivity contribution in [3.8, 4) is 33.4 Å². The predicted molar refractivity (Wildman–Crippen MR) is 123 cm³/mol. The minimum Gasteiger partial charge on any atom is -0.297 e. The zero-order chi connectivity index (χ0) is 20.8. The smallest absolute Gasteiger partial charge is 0.160 e. The highest BCUT2D eigenvalue weighted by atomic mass is 32.1. The summed E-state index contributed by atoms with van der Waals surface area (Å²) in [4.78, 5) is 25.7. The molecule has 0 amide bonds. The Morgan fingerprint density at radius 2 is 0.967 bits per heavy atom. The average Bonchev–Trinajstić information content (AvgIpc) is 3.41. The van der Waals surface area contributed by atoms with Gasteiger partial charge in [-0.15, -0.1) is 22.7 Å². The summed E-state index contributed by atoms with van der Waals surface area (Å²) in [6, 6.07) is 22.9. The molecular weight excluding hydrogens is 408 g/mol. The van der Waals surface area contributed by atoms with Crippen LogP contribution in [-0.4, -0.2) is 12.6 Å². The van der Waals surface area contributed by atoms with Gasteiger partial charge >= 0.3 is 0 Å². The Bertz CT molecular complexity index is 1220. The predicted octanol–water partition coefficient (Wildman–Crippen LogP) is 5.90. The maximum absolute atomic E-state index is 11.4. The number of benzene rings is 2. The highest BCUT2D eigenvalue weighted by molar-refractivity contribution is 7.24. The van der Waals surface area contributed by atoms with Crippen molar-refractivity contribution >= 4 is 35.2 Å². The van der Waals surface area contributed by atoms with Crippen LogP contribution in [0.4, 0.5) is 0 Å². The molecule has 0 spiro atoms. The van der Waals surface area contributed by atoms with Crippen molar-refractivity contribution in [2.45, 2.75) is 0 Å². The second-order valence-electron chi connectivity index (χ2n) is 6.25. The Balaban J connectivity index is 1.81. The van der Waals surface area contributed by atoms with E-state index in [9.17, 15) is 9.59 Å². The molecule has 4 heteroatoms. The Labute approximate surface area is 182 Å². The third kappa shape index (κ3) is 4.47. The second kappa shape index (κ2) is 9.20. The number of aldehydes is 2. The standard InChI is InChI=1S/C26H14O2S2/c27-17-23-15-21(13-11-19-7-3-1-4-8-19)25(29-23)26-22(16-24(18-28)30-26)14-12-20-9-5-2-6-10-20/h1-10,15-18H. The average molecular weight is 423 g/mol. The zero-order valence-electron chi connectivity index (χ0n) is 15.7. The Kier molecular flexibility index (Phi) is 6.01. The Morgan fingerprint density at radius 1 is 0.567 bits per heavy atom. The Hall–Kier alpha value is -3.70. The van der Waals surface area contributed by atoms with E-state index in [2.05, 4.69) is 23.7 Å². The van der Waals surface area contributed by atoms with Gasteiger partial charge in [0.1, 0.15) is 0 Å². The summed E-state index contributed by atoms with van der Waals surface area (Å²) in [6.45, 7) is 0. The van der Waals surface area contributed by atoms with Crippen LogP contribution in [0.25, 0.3) is 9.75 Å². The first-order valence-electron chi connectivity index (χ1n) is 9.09. The van der Waals surface area contributed by atoms with E-state index in [1.54, 1.807) is 12.1 Å². The van der Waals surface area contributed by atoms with E-state index in [1.165, 1.54) is 22.7 Å². The molecule has 4 aromatic rings. The molecule has 0 bridgehead atoms. The lowest BCUT2D eigenvalue weighted by atomic mass is 10.1. The van der Waals surface area contributed by atoms with Gasteiger partial charge in [-0.05, 0) is 36.4 Å². The summed E-state index contributed by atoms with van der Waals surface area (Å²) in [5.41, 5.74) is 3.30. The summed E-state index contributed by atoms with van der Waals surface area (Å²) >= 11 is 2.73. The second-order valence-corrected chi connectivity index (χ2v) is 8.42. The molecule has 2 aromatic heterocycles. The van der Waals surface area contributed by atoms with Crippen molar-refractivity contribution in [2.24, 2.45) is 0 Å². The van der Waals surface area contributed by atoms with E-state index in [0.717, 1.165) is 44.6 Å². The molecular formula is C26H14O2S2. The maximum atomic E-state index is 11.4. The topological polar surface area (TPSA) is 34.1 Å². The lowest BCUT2D eigenvalue weighted by molar-refractivity contribution is 0.111. The third-order valence-electron chi connectivity index (χ3n) is 4.17. The summed E-state index contributed by atoms with van der Waals surface area (Å²) in [5, 5.41) is 0. The van der Waals surface area contributed by atoms with Crippen molar-refractivity contribution in [1.82, 2.24) is 0 Å². The quantitative estimate of drug-likeness (QED) is 0.304. The largest absolute Gasteiger partial charge is 0.297 e. The Morgan fingerprint density at radius 3 is 1.33 bits per heavy atom. The minimum atomic E-state index is 0.588. The van der Waals surface area contributed by atoms with Crippen molar-refractivity contribution < 1.29 is 9.59 Å². The van der Waals surface area contributed by atoms with Crippen molar-refractivity contribution in [2.75, 3.05) is 0 Å². The van der Waals surface area contributed by atoms with Gasteiger partial charge in [-0.25, -0.2) is 0 Å². The van der Waals surface area contributed by atoms with Gasteiger partial charge < -0.3 is 0 Å². The van der Waals surface area contributed by atoms with Gasteiger partial charge in [0.15, 0.2) is 12.6 Å². The molecule has 0 radical (unpaired) electrons. The van der Waals surface area contributed by atoms with Crippen LogP contribution >= 0.6 is 22.7 Å². The van der Waals surface area contributed by atoms with Crippen LogP contribution in [0, 0.1) is 23.7 Å². The van der Waals surface area contributed by atoms with Crippen LogP contribution in [-0.2, 0) is 0 Å². The molecule has 0 fully saturated rings. The SMILES string of the molecule is O=Cc1cc(C#Cc2ccccc2)c(-c2sc(C=O)cc2C#Cc2ccccc2)s1. The van der Waals surface area contributed by atoms with Crippen molar-refractivity contribution in [1.29, 1.82) is 0 Å². The van der Waals surface area contributed by atoms with Crippen LogP contribution in [0.3, 0.4) is 0 Å². The summed E-state index contributed by atoms with van der Waals surface area (Å²) in [5.74, 6) is 12.7. The number of rotatable bonds is 3. The van der Waals surface area contributed by atoms with Crippen LogP contribution in [0.1, 0.15) is 41.6 Å². The fourth-order valence-electron chi connectivity index (χ4n) is 2.78. The first-order valence-corrected chi connectivity index (χ1v) is 10.7. The van der Waals surface area contributed by atoms with Gasteiger partial charge in [-0.1, -0.05) is 60.1 Å². The lowest BCUT2D eigenvalue weighted by Crippen LogP contribution is -1.79. The molecule has 0 N–H and O–H groups in total. The normalized spacial score (nSPS) is 9.73. The van der Waals surface area contributed by atoms with E-state index in [4.69, 9.17) is 0 Å². The highest BCUT2D eigenvalue weighted by Crippen LogP contribution is 2.39. The van der Waals surface area contributed by atoms with Gasteiger partial charge in [-0.2, -0.15) is 0 Å². The van der Waals surface area contributed by atoms with Crippen LogP contribution in [0.5, 0.6) is 0 Å². The van der Waals surface area contributed by atoms with E-state index in [0.29, 0.717) is 9.75 Å². The number of thiophene rings is 2. The molecule has 0 aliphatic heterocycles. The van der Waals surface area contributed by atoms with Gasteiger partial charge in [0.05, 0.1) is 19.5 Å². The first kappa shape index (κ1) is 19.6. The monoisotopic (exact) mass is 422 g/mol. The van der Waals surface area contributed by atoms with Crippen LogP contribution in [0.15, 0.2) is 72.8 Å². The van der Waals surface area contributed by atoms with Gasteiger partial charge in [-0.3, -0.25) is 9.59 Å². The molecule has 2 heterocycles. The van der Waals surface area contributed by atoms with Gasteiger partial charge in [0, 0.05) is 22.3 Å². The molecule has 0 aliphatic rings. The molecule has 2 nitrogen and oxygen atoms in total. The molecule has 142 valence electrons. The maximum Gasteiger partial charge on any atom is 0.160 e. The van der Waals surface area contributed by atoms with E-state index >= 15 is 0 Å².